The minimum atomic E-state index is -0.0987. The van der Waals surface area contributed by atoms with Crippen LogP contribution in [0.5, 0.6) is 0 Å². The average molecular weight is 694 g/mol. The number of alkyl halides is 4. The van der Waals surface area contributed by atoms with Crippen LogP contribution in [0.4, 0.5) is 0 Å². The molecule has 0 saturated heterocycles. The molecule has 20 atom stereocenters. The van der Waals surface area contributed by atoms with Gasteiger partial charge in [0, 0.05) is 29.1 Å². The van der Waals surface area contributed by atoms with E-state index in [1.165, 1.54) is 0 Å². The van der Waals surface area contributed by atoms with Crippen LogP contribution in [0.3, 0.4) is 0 Å². The second-order valence-corrected chi connectivity index (χ2v) is 17.5. The van der Waals surface area contributed by atoms with Crippen molar-refractivity contribution in [1.29, 1.82) is 0 Å². The number of esters is 2. The summed E-state index contributed by atoms with van der Waals surface area (Å²) in [4.78, 5) is 28.0. The van der Waals surface area contributed by atoms with Gasteiger partial charge in [0.25, 0.3) is 0 Å². The van der Waals surface area contributed by atoms with E-state index in [1.54, 1.807) is 14.2 Å². The molecule has 0 aromatic rings. The monoisotopic (exact) mass is 690 g/mol. The molecule has 6 unspecified atom stereocenters. The third-order valence-electron chi connectivity index (χ3n) is 14.1. The number of carbonyl (C=O) groups is 2. The lowest BCUT2D eigenvalue weighted by molar-refractivity contribution is -0.149. The van der Waals surface area contributed by atoms with Gasteiger partial charge in [0.2, 0.25) is 0 Å². The molecule has 4 nitrogen and oxygen atoms in total. The zero-order valence-electron chi connectivity index (χ0n) is 17.4. The first-order valence-corrected chi connectivity index (χ1v) is 15.5. The van der Waals surface area contributed by atoms with Crippen LogP contribution in [0.2, 0.25) is 0 Å². The smallest absolute Gasteiger partial charge is 0.309 e. The van der Waals surface area contributed by atoms with Crippen molar-refractivity contribution >= 4 is 75.7 Å². The zero-order valence-corrected chi connectivity index (χ0v) is 23.7. The molecule has 8 heteroatoms. The zero-order chi connectivity index (χ0) is 21.8. The second-order valence-electron chi connectivity index (χ2n) is 12.8. The fourth-order valence-electron chi connectivity index (χ4n) is 15.5. The maximum Gasteiger partial charge on any atom is 0.309 e. The number of fused-ring (bicyclic) bond motifs is 4. The number of hydrogen-bond donors (Lipinski definition) is 0. The predicted molar refractivity (Wildman–Crippen MR) is 127 cm³/mol. The third kappa shape index (κ3) is 1.08. The van der Waals surface area contributed by atoms with Gasteiger partial charge in [-0.05, 0) is 71.0 Å². The molecule has 0 N–H and O–H groups in total. The van der Waals surface area contributed by atoms with Gasteiger partial charge in [-0.2, -0.15) is 0 Å². The van der Waals surface area contributed by atoms with Crippen molar-refractivity contribution in [3.63, 3.8) is 0 Å². The SMILES string of the molecule is COC(=O)C1[C@@H]2[C@@H]3[C@@H]4[C@H]5C(C(=O)OC)[C@@H]3[C@@]3(Br)[C@@H]6C(Br)[C@H]7[C@H]8[C@@H]6[C@@H]6C(Br)[C@H]8C([C@@H]14)(C263)[C@@]57Br. The lowest BCUT2D eigenvalue weighted by Crippen LogP contribution is -2.57. The van der Waals surface area contributed by atoms with E-state index >= 15 is 0 Å². The Bertz CT molecular complexity index is 1060. The molecule has 10 fully saturated rings. The predicted octanol–water partition coefficient (Wildman–Crippen LogP) is 3.86. The second kappa shape index (κ2) is 4.64. The van der Waals surface area contributed by atoms with Crippen molar-refractivity contribution in [2.45, 2.75) is 18.3 Å². The summed E-state index contributed by atoms with van der Waals surface area (Å²) in [6, 6.07) is 0. The number of methoxy groups -OCH3 is 2. The molecule has 0 radical (unpaired) electrons. The van der Waals surface area contributed by atoms with Crippen LogP contribution in [0, 0.1) is 93.7 Å². The van der Waals surface area contributed by atoms with E-state index < -0.39 is 0 Å². The van der Waals surface area contributed by atoms with Crippen LogP contribution in [0.1, 0.15) is 0 Å². The van der Waals surface area contributed by atoms with Gasteiger partial charge in [0.05, 0.1) is 26.1 Å². The van der Waals surface area contributed by atoms with Crippen molar-refractivity contribution in [2.24, 2.45) is 93.7 Å². The van der Waals surface area contributed by atoms with Crippen molar-refractivity contribution in [1.82, 2.24) is 0 Å². The van der Waals surface area contributed by atoms with Crippen molar-refractivity contribution in [3.05, 3.63) is 0 Å². The highest BCUT2D eigenvalue weighted by Gasteiger charge is 3.13. The van der Waals surface area contributed by atoms with Gasteiger partial charge in [0.15, 0.2) is 0 Å². The van der Waals surface area contributed by atoms with Crippen LogP contribution >= 0.6 is 63.7 Å². The molecule has 4 bridgehead atoms. The van der Waals surface area contributed by atoms with E-state index in [0.29, 0.717) is 68.8 Å². The Morgan fingerprint density at radius 3 is 1.34 bits per heavy atom. The molecule has 0 amide bonds. The first kappa shape index (κ1) is 19.0. The van der Waals surface area contributed by atoms with Crippen molar-refractivity contribution < 1.29 is 19.1 Å². The van der Waals surface area contributed by atoms with Crippen LogP contribution < -0.4 is 0 Å². The lowest BCUT2D eigenvalue weighted by atomic mass is 9.51. The van der Waals surface area contributed by atoms with Gasteiger partial charge in [0.1, 0.15) is 0 Å². The minimum Gasteiger partial charge on any atom is -0.469 e. The van der Waals surface area contributed by atoms with Gasteiger partial charge in [-0.25, -0.2) is 0 Å². The summed E-state index contributed by atoms with van der Waals surface area (Å²) in [6.07, 6.45) is 0. The maximum atomic E-state index is 13.5. The number of halogens is 4. The normalized spacial score (nSPS) is 80.3. The summed E-state index contributed by atoms with van der Waals surface area (Å²) in [5, 5.41) is 0. The third-order valence-corrected chi connectivity index (χ3v) is 19.8. The van der Waals surface area contributed by atoms with Crippen molar-refractivity contribution in [3.8, 4) is 0 Å². The Morgan fingerprint density at radius 1 is 0.594 bits per heavy atom. The highest BCUT2D eigenvalue weighted by molar-refractivity contribution is 9.11. The topological polar surface area (TPSA) is 52.6 Å². The Kier molecular flexibility index (Phi) is 2.76. The summed E-state index contributed by atoms with van der Waals surface area (Å²) in [7, 11) is 3.15. The molecule has 0 aliphatic heterocycles. The summed E-state index contributed by atoms with van der Waals surface area (Å²) < 4.78 is 10.9. The summed E-state index contributed by atoms with van der Waals surface area (Å²) in [5.41, 5.74) is 0.136. The lowest BCUT2D eigenvalue weighted by Gasteiger charge is -2.55. The fraction of sp³-hybridized carbons (Fsp3) is 0.917. The van der Waals surface area contributed by atoms with Gasteiger partial charge >= 0.3 is 11.9 Å². The molecule has 170 valence electrons. The first-order valence-electron chi connectivity index (χ1n) is 12.1. The Balaban J connectivity index is 1.42. The molecule has 0 aromatic heterocycles. The average Bonchev–Trinajstić information content (AvgIpc) is 3.57. The van der Waals surface area contributed by atoms with Gasteiger partial charge in [-0.15, -0.1) is 0 Å². The van der Waals surface area contributed by atoms with E-state index in [2.05, 4.69) is 63.7 Å². The number of carbonyl (C=O) groups excluding carboxylic acids is 2. The van der Waals surface area contributed by atoms with Gasteiger partial charge in [-0.1, -0.05) is 63.7 Å². The molecule has 10 saturated carbocycles. The van der Waals surface area contributed by atoms with Crippen LogP contribution in [0.15, 0.2) is 0 Å². The highest BCUT2D eigenvalue weighted by Crippen LogP contribution is 3.11. The first-order chi connectivity index (χ1) is 15.3. The van der Waals surface area contributed by atoms with E-state index in [-0.39, 0.29) is 55.1 Å². The quantitative estimate of drug-likeness (QED) is 0.326. The largest absolute Gasteiger partial charge is 0.469 e. The summed E-state index contributed by atoms with van der Waals surface area (Å²) in [6.45, 7) is 0. The van der Waals surface area contributed by atoms with Gasteiger partial charge in [-0.3, -0.25) is 9.59 Å². The Hall–Kier alpha value is 0.860. The molecule has 32 heavy (non-hydrogen) atoms. The Labute approximate surface area is 219 Å². The molecule has 10 aliphatic carbocycles. The van der Waals surface area contributed by atoms with E-state index in [9.17, 15) is 9.59 Å². The van der Waals surface area contributed by atoms with Crippen LogP contribution in [-0.2, 0) is 19.1 Å². The summed E-state index contributed by atoms with van der Waals surface area (Å²) >= 11 is 17.8. The highest BCUT2D eigenvalue weighted by atomic mass is 79.9. The standard InChI is InChI=1S/C24H22Br4O4/c1-31-19(29)7-9-3-4-10(7)22-14-6-5-13(17(14)25)21(9,22)23(27)11(3)8(20(30)32-2)12(4)24(22,28)16(6)18(26)15(5)23/h3-18H,1-2H3/t3-,4-,5-,6+,7?,8?,9+,10-,11-,12+,13-,14+,15+,16-,17?,18?,21?,22?,23+,24+/m0/s1. The molecular weight excluding hydrogens is 672 g/mol. The fourth-order valence-corrected chi connectivity index (χ4v) is 23.4. The number of ether oxygens (including phenoxy) is 2. The van der Waals surface area contributed by atoms with E-state index in [4.69, 9.17) is 9.47 Å². The minimum absolute atomic E-state index is 0.00365. The number of hydrogen-bond acceptors (Lipinski definition) is 4. The van der Waals surface area contributed by atoms with Crippen LogP contribution in [-0.4, -0.2) is 44.5 Å². The van der Waals surface area contributed by atoms with Crippen molar-refractivity contribution in [2.75, 3.05) is 14.2 Å². The van der Waals surface area contributed by atoms with E-state index in [1.807, 2.05) is 0 Å². The van der Waals surface area contributed by atoms with Crippen LogP contribution in [0.25, 0.3) is 0 Å². The molecular formula is C24H22Br4O4. The van der Waals surface area contributed by atoms with Gasteiger partial charge < -0.3 is 9.47 Å². The molecule has 2 spiro atoms. The molecule has 0 aromatic carbocycles. The van der Waals surface area contributed by atoms with E-state index in [0.717, 1.165) is 0 Å². The maximum absolute atomic E-state index is 13.5. The summed E-state index contributed by atoms with van der Waals surface area (Å²) in [5.74, 6) is 5.64. The Morgan fingerprint density at radius 2 is 0.938 bits per heavy atom. The molecule has 10 rings (SSSR count). The molecule has 0 heterocycles. The number of rotatable bonds is 2. The molecule has 10 aliphatic rings.